The van der Waals surface area contributed by atoms with Gasteiger partial charge in [-0.05, 0) is 7.05 Å². The molecule has 0 rings (SSSR count). The molecule has 0 saturated heterocycles. The van der Waals surface area contributed by atoms with Gasteiger partial charge < -0.3 is 0 Å². The standard InChI is InChI=1S/C5H15N3S/c1-6-9-5-4-7-8(2)3/h6-7H,4-5H2,1-3H3. The molecule has 0 spiro atoms. The lowest BCUT2D eigenvalue weighted by Gasteiger charge is -2.10. The van der Waals surface area contributed by atoms with Crippen molar-refractivity contribution in [2.45, 2.75) is 0 Å². The van der Waals surface area contributed by atoms with E-state index in [1.54, 1.807) is 11.9 Å². The molecule has 0 aromatic carbocycles. The largest absolute Gasteiger partial charge is 0.267 e. The van der Waals surface area contributed by atoms with Crippen LogP contribution in [0.3, 0.4) is 0 Å². The van der Waals surface area contributed by atoms with E-state index in [1.807, 2.05) is 26.2 Å². The molecule has 4 heteroatoms. The lowest BCUT2D eigenvalue weighted by Crippen LogP contribution is -2.32. The SMILES string of the molecule is CNSCCNN(C)C. The summed E-state index contributed by atoms with van der Waals surface area (Å²) in [5.74, 6) is 1.09. The van der Waals surface area contributed by atoms with Crippen LogP contribution in [-0.2, 0) is 0 Å². The van der Waals surface area contributed by atoms with Crippen LogP contribution in [0.2, 0.25) is 0 Å². The molecule has 56 valence electrons. The quantitative estimate of drug-likeness (QED) is 0.325. The van der Waals surface area contributed by atoms with Gasteiger partial charge in [0.1, 0.15) is 0 Å². The van der Waals surface area contributed by atoms with E-state index in [0.717, 1.165) is 12.3 Å². The summed E-state index contributed by atoms with van der Waals surface area (Å²) in [6.45, 7) is 1.01. The van der Waals surface area contributed by atoms with Gasteiger partial charge in [0.05, 0.1) is 0 Å². The Balaban J connectivity index is 2.75. The maximum atomic E-state index is 3.15. The van der Waals surface area contributed by atoms with Gasteiger partial charge in [-0.15, -0.1) is 0 Å². The van der Waals surface area contributed by atoms with Gasteiger partial charge in [0, 0.05) is 26.4 Å². The third kappa shape index (κ3) is 8.23. The highest BCUT2D eigenvalue weighted by Crippen LogP contribution is 1.86. The molecule has 3 nitrogen and oxygen atoms in total. The highest BCUT2D eigenvalue weighted by molar-refractivity contribution is 7.97. The summed E-state index contributed by atoms with van der Waals surface area (Å²) in [5.41, 5.74) is 3.15. The Hall–Kier alpha value is 0.230. The predicted octanol–water partition coefficient (Wildman–Crippen LogP) is -0.0798. The van der Waals surface area contributed by atoms with Crippen molar-refractivity contribution in [3.8, 4) is 0 Å². The molecule has 0 fully saturated rings. The molecule has 0 aromatic rings. The number of nitrogens with zero attached hydrogens (tertiary/aromatic N) is 1. The van der Waals surface area contributed by atoms with E-state index < -0.39 is 0 Å². The average molecular weight is 149 g/mol. The Morgan fingerprint density at radius 3 is 2.56 bits per heavy atom. The van der Waals surface area contributed by atoms with Gasteiger partial charge in [-0.1, -0.05) is 11.9 Å². The Bertz CT molecular complexity index is 58.2. The third-order valence-electron chi connectivity index (χ3n) is 0.776. The van der Waals surface area contributed by atoms with Crippen LogP contribution in [0.1, 0.15) is 0 Å². The number of rotatable bonds is 5. The van der Waals surface area contributed by atoms with Gasteiger partial charge in [-0.3, -0.25) is 15.2 Å². The van der Waals surface area contributed by atoms with Crippen LogP contribution in [0, 0.1) is 0 Å². The molecule has 0 aromatic heterocycles. The molecule has 0 saturated carbocycles. The predicted molar refractivity (Wildman–Crippen MR) is 43.2 cm³/mol. The third-order valence-corrected chi connectivity index (χ3v) is 1.47. The van der Waals surface area contributed by atoms with E-state index in [2.05, 4.69) is 10.1 Å². The molecule has 0 aliphatic rings. The maximum Gasteiger partial charge on any atom is 0.0218 e. The van der Waals surface area contributed by atoms with Gasteiger partial charge in [0.2, 0.25) is 0 Å². The van der Waals surface area contributed by atoms with E-state index in [1.165, 1.54) is 0 Å². The average Bonchev–Trinajstić information content (AvgIpc) is 1.80. The minimum absolute atomic E-state index is 1.01. The summed E-state index contributed by atoms with van der Waals surface area (Å²) < 4.78 is 3.00. The van der Waals surface area contributed by atoms with Crippen molar-refractivity contribution in [2.75, 3.05) is 33.4 Å². The first-order valence-electron chi connectivity index (χ1n) is 2.96. The van der Waals surface area contributed by atoms with Crippen molar-refractivity contribution in [3.05, 3.63) is 0 Å². The molecule has 2 N–H and O–H groups in total. The van der Waals surface area contributed by atoms with Crippen molar-refractivity contribution in [3.63, 3.8) is 0 Å². The molecule has 0 aliphatic heterocycles. The van der Waals surface area contributed by atoms with E-state index in [-0.39, 0.29) is 0 Å². The van der Waals surface area contributed by atoms with Gasteiger partial charge >= 0.3 is 0 Å². The molecular formula is C5H15N3S. The van der Waals surface area contributed by atoms with Gasteiger partial charge in [-0.2, -0.15) is 0 Å². The Kier molecular flexibility index (Phi) is 6.51. The van der Waals surface area contributed by atoms with Gasteiger partial charge in [0.15, 0.2) is 0 Å². The summed E-state index contributed by atoms with van der Waals surface area (Å²) in [6.07, 6.45) is 0. The lowest BCUT2D eigenvalue weighted by molar-refractivity contribution is 0.300. The number of nitrogens with one attached hydrogen (secondary N) is 2. The Morgan fingerprint density at radius 2 is 2.11 bits per heavy atom. The van der Waals surface area contributed by atoms with Crippen molar-refractivity contribution >= 4 is 11.9 Å². The zero-order chi connectivity index (χ0) is 7.11. The maximum absolute atomic E-state index is 3.15. The highest BCUT2D eigenvalue weighted by atomic mass is 32.2. The zero-order valence-corrected chi connectivity index (χ0v) is 7.09. The fraction of sp³-hybridized carbons (Fsp3) is 1.00. The van der Waals surface area contributed by atoms with Crippen LogP contribution in [0.5, 0.6) is 0 Å². The molecule has 0 radical (unpaired) electrons. The van der Waals surface area contributed by atoms with Crippen LogP contribution in [-0.4, -0.2) is 38.4 Å². The van der Waals surface area contributed by atoms with Crippen LogP contribution in [0.15, 0.2) is 0 Å². The Labute approximate surface area is 61.3 Å². The normalized spacial score (nSPS) is 10.7. The molecular weight excluding hydrogens is 134 g/mol. The van der Waals surface area contributed by atoms with Crippen molar-refractivity contribution in [2.24, 2.45) is 0 Å². The van der Waals surface area contributed by atoms with Crippen molar-refractivity contribution in [1.29, 1.82) is 0 Å². The van der Waals surface area contributed by atoms with Crippen molar-refractivity contribution < 1.29 is 0 Å². The van der Waals surface area contributed by atoms with Gasteiger partial charge in [0.25, 0.3) is 0 Å². The minimum Gasteiger partial charge on any atom is -0.267 e. The van der Waals surface area contributed by atoms with E-state index in [0.29, 0.717) is 0 Å². The van der Waals surface area contributed by atoms with Crippen LogP contribution < -0.4 is 10.1 Å². The topological polar surface area (TPSA) is 27.3 Å². The fourth-order valence-electron chi connectivity index (χ4n) is 0.422. The number of hydrogen-bond acceptors (Lipinski definition) is 4. The smallest absolute Gasteiger partial charge is 0.0218 e. The fourth-order valence-corrected chi connectivity index (χ4v) is 0.820. The molecule has 0 bridgehead atoms. The first-order valence-corrected chi connectivity index (χ1v) is 3.95. The van der Waals surface area contributed by atoms with E-state index in [4.69, 9.17) is 0 Å². The first-order chi connectivity index (χ1) is 4.27. The summed E-state index contributed by atoms with van der Waals surface area (Å²) in [4.78, 5) is 0. The van der Waals surface area contributed by atoms with Crippen LogP contribution in [0.25, 0.3) is 0 Å². The summed E-state index contributed by atoms with van der Waals surface area (Å²) in [7, 11) is 5.91. The molecule has 0 heterocycles. The van der Waals surface area contributed by atoms with Crippen LogP contribution >= 0.6 is 11.9 Å². The molecule has 0 amide bonds. The molecule has 0 unspecified atom stereocenters. The molecule has 0 atom stereocenters. The van der Waals surface area contributed by atoms with Crippen molar-refractivity contribution in [1.82, 2.24) is 15.2 Å². The van der Waals surface area contributed by atoms with Gasteiger partial charge in [-0.25, -0.2) is 0 Å². The highest BCUT2D eigenvalue weighted by Gasteiger charge is 1.86. The second kappa shape index (κ2) is 6.35. The summed E-state index contributed by atoms with van der Waals surface area (Å²) in [5, 5.41) is 1.95. The summed E-state index contributed by atoms with van der Waals surface area (Å²) in [6, 6.07) is 0. The second-order valence-electron chi connectivity index (χ2n) is 1.86. The summed E-state index contributed by atoms with van der Waals surface area (Å²) >= 11 is 1.71. The number of hydrogen-bond donors (Lipinski definition) is 2. The second-order valence-corrected chi connectivity index (χ2v) is 2.96. The van der Waals surface area contributed by atoms with Crippen LogP contribution in [0.4, 0.5) is 0 Å². The zero-order valence-electron chi connectivity index (χ0n) is 6.27. The number of hydrazine groups is 1. The van der Waals surface area contributed by atoms with E-state index >= 15 is 0 Å². The minimum atomic E-state index is 1.01. The molecule has 0 aliphatic carbocycles. The molecule has 9 heavy (non-hydrogen) atoms. The lowest BCUT2D eigenvalue weighted by atomic mass is 10.8. The Morgan fingerprint density at radius 1 is 1.44 bits per heavy atom. The van der Waals surface area contributed by atoms with E-state index in [9.17, 15) is 0 Å². The monoisotopic (exact) mass is 149 g/mol. The first kappa shape index (κ1) is 9.23.